The van der Waals surface area contributed by atoms with Crippen LogP contribution >= 0.6 is 0 Å². The molecule has 1 aromatic heterocycles. The summed E-state index contributed by atoms with van der Waals surface area (Å²) in [7, 11) is 0. The van der Waals surface area contributed by atoms with E-state index in [1.165, 1.54) is 12.1 Å². The lowest BCUT2D eigenvalue weighted by atomic mass is 9.92. The third-order valence-electron chi connectivity index (χ3n) is 4.97. The van der Waals surface area contributed by atoms with Crippen LogP contribution in [0.25, 0.3) is 0 Å². The molecule has 33 heavy (non-hydrogen) atoms. The average Bonchev–Trinajstić information content (AvgIpc) is 2.79. The minimum atomic E-state index is -1.03. The van der Waals surface area contributed by atoms with Crippen molar-refractivity contribution < 1.29 is 19.1 Å². The molecule has 0 spiro atoms. The molecule has 2 heterocycles. The van der Waals surface area contributed by atoms with Gasteiger partial charge in [0.15, 0.2) is 0 Å². The smallest absolute Gasteiger partial charge is 0.338 e. The fourth-order valence-corrected chi connectivity index (χ4v) is 3.45. The maximum Gasteiger partial charge on any atom is 0.338 e. The molecule has 0 saturated carbocycles. The van der Waals surface area contributed by atoms with Gasteiger partial charge in [0.25, 0.3) is 5.56 Å². The van der Waals surface area contributed by atoms with E-state index in [0.717, 1.165) is 0 Å². The van der Waals surface area contributed by atoms with Gasteiger partial charge in [0, 0.05) is 17.8 Å². The van der Waals surface area contributed by atoms with Crippen LogP contribution in [0, 0.1) is 0 Å². The van der Waals surface area contributed by atoms with Crippen LogP contribution in [0.2, 0.25) is 0 Å². The summed E-state index contributed by atoms with van der Waals surface area (Å²) in [5.41, 5.74) is 0.997. The number of nitrogens with zero attached hydrogens (tertiary/aromatic N) is 1. The van der Waals surface area contributed by atoms with Crippen molar-refractivity contribution in [2.75, 3.05) is 22.6 Å². The Kier molecular flexibility index (Phi) is 6.16. The Morgan fingerprint density at radius 1 is 1.06 bits per heavy atom. The Labute approximate surface area is 188 Å². The topological polar surface area (TPSA) is 142 Å². The number of carbonyl (C=O) groups excluding carboxylic acids is 3. The van der Waals surface area contributed by atoms with E-state index >= 15 is 0 Å². The number of hydrogen-bond donors (Lipinski definition) is 4. The quantitative estimate of drug-likeness (QED) is 0.426. The van der Waals surface area contributed by atoms with Crippen molar-refractivity contribution in [2.45, 2.75) is 19.3 Å². The molecule has 4 N–H and O–H groups in total. The number of ether oxygens (including phenoxy) is 1. The monoisotopic (exact) mass is 447 g/mol. The van der Waals surface area contributed by atoms with Gasteiger partial charge in [-0.2, -0.15) is 4.98 Å². The number of aromatic amines is 1. The summed E-state index contributed by atoms with van der Waals surface area (Å²) in [6, 6.07) is 15.2. The molecule has 0 fully saturated rings. The van der Waals surface area contributed by atoms with Crippen LogP contribution in [0.1, 0.15) is 35.2 Å². The van der Waals surface area contributed by atoms with Crippen LogP contribution in [0.4, 0.5) is 23.1 Å². The second kappa shape index (κ2) is 9.35. The third kappa shape index (κ3) is 4.90. The minimum Gasteiger partial charge on any atom is -0.462 e. The standard InChI is InChI=1S/C23H21N5O5/c1-2-33-22(32)13-8-10-15(11-9-13)24-20(30)16-12-17(29)26-19-18(16)21(31)28-23(27-19)25-14-6-4-3-5-7-14/h3-11,16H,2,12H2,1H3,(H,24,30)(H3,25,26,27,28,29,31)/t16-/m1/s1. The average molecular weight is 447 g/mol. The largest absolute Gasteiger partial charge is 0.462 e. The summed E-state index contributed by atoms with van der Waals surface area (Å²) < 4.78 is 4.93. The first-order chi connectivity index (χ1) is 15.9. The molecule has 0 radical (unpaired) electrons. The molecule has 2 amide bonds. The molecular formula is C23H21N5O5. The summed E-state index contributed by atoms with van der Waals surface area (Å²) in [5, 5.41) is 8.21. The maximum atomic E-state index is 12.9. The normalized spacial score (nSPS) is 14.6. The number of fused-ring (bicyclic) bond motifs is 1. The van der Waals surface area contributed by atoms with Gasteiger partial charge in [0.2, 0.25) is 17.8 Å². The number of amides is 2. The van der Waals surface area contributed by atoms with Crippen LogP contribution in [-0.2, 0) is 14.3 Å². The Balaban J connectivity index is 1.56. The number of benzene rings is 2. The molecule has 168 valence electrons. The molecule has 0 unspecified atom stereocenters. The zero-order valence-corrected chi connectivity index (χ0v) is 17.7. The van der Waals surface area contributed by atoms with Crippen LogP contribution < -0.4 is 21.5 Å². The van der Waals surface area contributed by atoms with Gasteiger partial charge in [0.05, 0.1) is 23.7 Å². The summed E-state index contributed by atoms with van der Waals surface area (Å²) in [4.78, 5) is 56.7. The highest BCUT2D eigenvalue weighted by molar-refractivity contribution is 6.04. The lowest BCUT2D eigenvalue weighted by molar-refractivity contribution is -0.123. The Morgan fingerprint density at radius 2 is 1.79 bits per heavy atom. The van der Waals surface area contributed by atoms with Gasteiger partial charge >= 0.3 is 5.97 Å². The molecule has 1 aliphatic rings. The molecule has 4 rings (SSSR count). The zero-order chi connectivity index (χ0) is 23.4. The van der Waals surface area contributed by atoms with Gasteiger partial charge in [-0.3, -0.25) is 19.4 Å². The van der Waals surface area contributed by atoms with Crippen LogP contribution in [0.3, 0.4) is 0 Å². The van der Waals surface area contributed by atoms with E-state index in [2.05, 4.69) is 25.9 Å². The molecule has 2 aromatic carbocycles. The highest BCUT2D eigenvalue weighted by Crippen LogP contribution is 2.30. The van der Waals surface area contributed by atoms with Gasteiger partial charge in [-0.05, 0) is 43.3 Å². The second-order valence-electron chi connectivity index (χ2n) is 7.26. The van der Waals surface area contributed by atoms with E-state index in [-0.39, 0.29) is 30.4 Å². The number of rotatable bonds is 6. The summed E-state index contributed by atoms with van der Waals surface area (Å²) in [5.74, 6) is -2.28. The number of H-pyrrole nitrogens is 1. The summed E-state index contributed by atoms with van der Waals surface area (Å²) >= 11 is 0. The first-order valence-electron chi connectivity index (χ1n) is 10.3. The fraction of sp³-hybridized carbons (Fsp3) is 0.174. The van der Waals surface area contributed by atoms with Crippen molar-refractivity contribution in [2.24, 2.45) is 0 Å². The molecule has 10 nitrogen and oxygen atoms in total. The van der Waals surface area contributed by atoms with E-state index in [9.17, 15) is 19.2 Å². The lowest BCUT2D eigenvalue weighted by Crippen LogP contribution is -2.36. The van der Waals surface area contributed by atoms with Crippen LogP contribution in [0.5, 0.6) is 0 Å². The van der Waals surface area contributed by atoms with Crippen molar-refractivity contribution in [3.05, 3.63) is 76.1 Å². The molecule has 0 saturated heterocycles. The highest BCUT2D eigenvalue weighted by atomic mass is 16.5. The van der Waals surface area contributed by atoms with E-state index in [1.54, 1.807) is 31.2 Å². The molecule has 3 aromatic rings. The highest BCUT2D eigenvalue weighted by Gasteiger charge is 2.34. The first-order valence-corrected chi connectivity index (χ1v) is 10.3. The number of anilines is 4. The van der Waals surface area contributed by atoms with Crippen molar-refractivity contribution in [3.63, 3.8) is 0 Å². The predicted molar refractivity (Wildman–Crippen MR) is 122 cm³/mol. The predicted octanol–water partition coefficient (Wildman–Crippen LogP) is 2.75. The van der Waals surface area contributed by atoms with Gasteiger partial charge in [-0.15, -0.1) is 0 Å². The van der Waals surface area contributed by atoms with E-state index in [0.29, 0.717) is 16.9 Å². The number of nitrogens with one attached hydrogen (secondary N) is 4. The van der Waals surface area contributed by atoms with Gasteiger partial charge in [-0.1, -0.05) is 18.2 Å². The summed E-state index contributed by atoms with van der Waals surface area (Å²) in [6.07, 6.45) is -0.198. The van der Waals surface area contributed by atoms with Gasteiger partial charge in [0.1, 0.15) is 5.82 Å². The Bertz CT molecular complexity index is 1250. The van der Waals surface area contributed by atoms with Crippen molar-refractivity contribution in [1.82, 2.24) is 9.97 Å². The number of hydrogen-bond acceptors (Lipinski definition) is 7. The molecule has 1 aliphatic heterocycles. The molecule has 10 heteroatoms. The number of para-hydroxylation sites is 1. The number of aromatic nitrogens is 2. The SMILES string of the molecule is CCOC(=O)c1ccc(NC(=O)[C@@H]2CC(=O)Nc3nc(Nc4ccccc4)[nH]c(=O)c32)cc1. The van der Waals surface area contributed by atoms with Crippen molar-refractivity contribution in [3.8, 4) is 0 Å². The fourth-order valence-electron chi connectivity index (χ4n) is 3.45. The Hall–Kier alpha value is -4.47. The lowest BCUT2D eigenvalue weighted by Gasteiger charge is -2.23. The van der Waals surface area contributed by atoms with E-state index in [4.69, 9.17) is 4.74 Å². The number of carbonyl (C=O) groups is 3. The zero-order valence-electron chi connectivity index (χ0n) is 17.7. The second-order valence-corrected chi connectivity index (χ2v) is 7.26. The van der Waals surface area contributed by atoms with Crippen LogP contribution in [0.15, 0.2) is 59.4 Å². The van der Waals surface area contributed by atoms with Crippen molar-refractivity contribution in [1.29, 1.82) is 0 Å². The van der Waals surface area contributed by atoms with Gasteiger partial charge < -0.3 is 20.7 Å². The van der Waals surface area contributed by atoms with E-state index < -0.39 is 29.3 Å². The maximum absolute atomic E-state index is 12.9. The molecule has 0 bridgehead atoms. The number of esters is 1. The van der Waals surface area contributed by atoms with E-state index in [1.807, 2.05) is 18.2 Å². The summed E-state index contributed by atoms with van der Waals surface area (Å²) in [6.45, 7) is 1.97. The Morgan fingerprint density at radius 3 is 2.48 bits per heavy atom. The van der Waals surface area contributed by atoms with Gasteiger partial charge in [-0.25, -0.2) is 4.79 Å². The molecular weight excluding hydrogens is 426 g/mol. The third-order valence-corrected chi connectivity index (χ3v) is 4.97. The molecule has 1 atom stereocenters. The van der Waals surface area contributed by atoms with Crippen LogP contribution in [-0.4, -0.2) is 34.4 Å². The van der Waals surface area contributed by atoms with Crippen molar-refractivity contribution >= 4 is 40.9 Å². The molecule has 0 aliphatic carbocycles. The first kappa shape index (κ1) is 21.8. The minimum absolute atomic E-state index is 0.0336.